The van der Waals surface area contributed by atoms with Crippen molar-refractivity contribution in [1.82, 2.24) is 14.7 Å². The van der Waals surface area contributed by atoms with Crippen LogP contribution in [0.4, 0.5) is 0 Å². The van der Waals surface area contributed by atoms with Crippen molar-refractivity contribution in [3.8, 4) is 0 Å². The number of aromatic nitrogens is 2. The van der Waals surface area contributed by atoms with Crippen LogP contribution in [0.1, 0.15) is 40.3 Å². The number of amides is 1. The highest BCUT2D eigenvalue weighted by Gasteiger charge is 2.17. The normalized spacial score (nSPS) is 12.5. The van der Waals surface area contributed by atoms with Gasteiger partial charge in [0.25, 0.3) is 5.91 Å². The van der Waals surface area contributed by atoms with Gasteiger partial charge in [-0.15, -0.1) is 11.3 Å². The third-order valence-corrected chi connectivity index (χ3v) is 4.42. The van der Waals surface area contributed by atoms with Gasteiger partial charge in [-0.3, -0.25) is 4.79 Å². The molecule has 3 aromatic rings. The van der Waals surface area contributed by atoms with Crippen LogP contribution in [0.25, 0.3) is 5.65 Å². The molecule has 0 radical (unpaired) electrons. The molecule has 0 aliphatic rings. The van der Waals surface area contributed by atoms with Crippen LogP contribution < -0.4 is 5.32 Å². The molecule has 1 amide bonds. The molecule has 0 bridgehead atoms. The Hall–Kier alpha value is -2.14. The predicted octanol–water partition coefficient (Wildman–Crippen LogP) is 3.59. The van der Waals surface area contributed by atoms with Crippen molar-refractivity contribution < 1.29 is 4.79 Å². The number of imidazole rings is 1. The van der Waals surface area contributed by atoms with Crippen molar-refractivity contribution in [3.63, 3.8) is 0 Å². The van der Waals surface area contributed by atoms with E-state index in [1.54, 1.807) is 17.5 Å². The number of nitrogens with one attached hydrogen (secondary N) is 1. The van der Waals surface area contributed by atoms with Crippen molar-refractivity contribution >= 4 is 22.9 Å². The topological polar surface area (TPSA) is 46.4 Å². The second-order valence-electron chi connectivity index (χ2n) is 5.05. The SMILES string of the molecule is CCC(NC(=O)c1cn2cc(C)ccc2n1)c1cccs1. The highest BCUT2D eigenvalue weighted by molar-refractivity contribution is 7.10. The van der Waals surface area contributed by atoms with Crippen LogP contribution in [0.3, 0.4) is 0 Å². The molecule has 3 heterocycles. The number of hydrogen-bond acceptors (Lipinski definition) is 3. The zero-order chi connectivity index (χ0) is 14.8. The molecule has 1 N–H and O–H groups in total. The number of fused-ring (bicyclic) bond motifs is 1. The fourth-order valence-corrected chi connectivity index (χ4v) is 3.17. The minimum atomic E-state index is -0.128. The number of hydrogen-bond donors (Lipinski definition) is 1. The Morgan fingerprint density at radius 2 is 2.24 bits per heavy atom. The van der Waals surface area contributed by atoms with Gasteiger partial charge in [0, 0.05) is 17.3 Å². The van der Waals surface area contributed by atoms with Crippen LogP contribution in [0, 0.1) is 6.92 Å². The molecule has 0 fully saturated rings. The molecule has 0 saturated heterocycles. The largest absolute Gasteiger partial charge is 0.343 e. The Kier molecular flexibility index (Phi) is 3.75. The summed E-state index contributed by atoms with van der Waals surface area (Å²) in [5.74, 6) is -0.128. The first-order valence-corrected chi connectivity index (χ1v) is 7.85. The zero-order valence-corrected chi connectivity index (χ0v) is 12.9. The summed E-state index contributed by atoms with van der Waals surface area (Å²) in [6.45, 7) is 4.08. The molecule has 0 aromatic carbocycles. The van der Waals surface area contributed by atoms with Gasteiger partial charge in [0.05, 0.1) is 6.04 Å². The van der Waals surface area contributed by atoms with Crippen molar-refractivity contribution in [3.05, 3.63) is 58.2 Å². The summed E-state index contributed by atoms with van der Waals surface area (Å²) in [6.07, 6.45) is 4.60. The average Bonchev–Trinajstić information content (AvgIpc) is 3.12. The summed E-state index contributed by atoms with van der Waals surface area (Å²) >= 11 is 1.66. The number of carbonyl (C=O) groups excluding carboxylic acids is 1. The molecular formula is C16H17N3OS. The minimum absolute atomic E-state index is 0.0454. The quantitative estimate of drug-likeness (QED) is 0.800. The Balaban J connectivity index is 1.83. The molecule has 21 heavy (non-hydrogen) atoms. The van der Waals surface area contributed by atoms with Gasteiger partial charge < -0.3 is 9.72 Å². The van der Waals surface area contributed by atoms with Crippen LogP contribution in [0.2, 0.25) is 0 Å². The average molecular weight is 299 g/mol. The monoisotopic (exact) mass is 299 g/mol. The van der Waals surface area contributed by atoms with Crippen molar-refractivity contribution in [2.24, 2.45) is 0 Å². The summed E-state index contributed by atoms with van der Waals surface area (Å²) in [5.41, 5.74) is 2.38. The van der Waals surface area contributed by atoms with E-state index in [4.69, 9.17) is 0 Å². The Morgan fingerprint density at radius 3 is 2.95 bits per heavy atom. The minimum Gasteiger partial charge on any atom is -0.343 e. The summed E-state index contributed by atoms with van der Waals surface area (Å²) in [5, 5.41) is 5.08. The molecule has 5 heteroatoms. The molecule has 1 unspecified atom stereocenters. The van der Waals surface area contributed by atoms with Gasteiger partial charge in [-0.05, 0) is 36.4 Å². The number of thiophene rings is 1. The van der Waals surface area contributed by atoms with E-state index in [2.05, 4.69) is 17.2 Å². The van der Waals surface area contributed by atoms with Gasteiger partial charge in [0.2, 0.25) is 0 Å². The Labute approximate surface area is 127 Å². The maximum atomic E-state index is 12.4. The number of rotatable bonds is 4. The second kappa shape index (κ2) is 5.69. The molecule has 3 rings (SSSR count). The maximum Gasteiger partial charge on any atom is 0.272 e. The number of aryl methyl sites for hydroxylation is 1. The number of carbonyl (C=O) groups is 1. The molecule has 1 atom stereocenters. The summed E-state index contributed by atoms with van der Waals surface area (Å²) in [4.78, 5) is 17.9. The van der Waals surface area contributed by atoms with E-state index >= 15 is 0 Å². The van der Waals surface area contributed by atoms with E-state index < -0.39 is 0 Å². The van der Waals surface area contributed by atoms with Crippen LogP contribution in [-0.4, -0.2) is 15.3 Å². The first kappa shape index (κ1) is 13.8. The Morgan fingerprint density at radius 1 is 1.38 bits per heavy atom. The molecular weight excluding hydrogens is 282 g/mol. The lowest BCUT2D eigenvalue weighted by molar-refractivity contribution is 0.0932. The fraction of sp³-hybridized carbons (Fsp3) is 0.250. The number of nitrogens with zero attached hydrogens (tertiary/aromatic N) is 2. The van der Waals surface area contributed by atoms with Gasteiger partial charge in [0.15, 0.2) is 0 Å². The van der Waals surface area contributed by atoms with Crippen molar-refractivity contribution in [2.45, 2.75) is 26.3 Å². The fourth-order valence-electron chi connectivity index (χ4n) is 2.31. The van der Waals surface area contributed by atoms with Crippen LogP contribution >= 0.6 is 11.3 Å². The molecule has 0 aliphatic heterocycles. The smallest absolute Gasteiger partial charge is 0.272 e. The number of pyridine rings is 1. The highest BCUT2D eigenvalue weighted by atomic mass is 32.1. The summed E-state index contributed by atoms with van der Waals surface area (Å²) in [6, 6.07) is 8.01. The Bertz CT molecular complexity index is 761. The van der Waals surface area contributed by atoms with Gasteiger partial charge in [-0.2, -0.15) is 0 Å². The van der Waals surface area contributed by atoms with E-state index in [-0.39, 0.29) is 11.9 Å². The zero-order valence-electron chi connectivity index (χ0n) is 12.0. The summed E-state index contributed by atoms with van der Waals surface area (Å²) < 4.78 is 1.89. The molecule has 0 spiro atoms. The standard InChI is InChI=1S/C16H17N3OS/c1-3-12(14-5-4-8-21-14)18-16(20)13-10-19-9-11(2)6-7-15(19)17-13/h4-10,12H,3H2,1-2H3,(H,18,20). The van der Waals surface area contributed by atoms with E-state index in [9.17, 15) is 4.79 Å². The lowest BCUT2D eigenvalue weighted by Crippen LogP contribution is -2.27. The lowest BCUT2D eigenvalue weighted by atomic mass is 10.2. The maximum absolute atomic E-state index is 12.4. The molecule has 4 nitrogen and oxygen atoms in total. The molecule has 0 saturated carbocycles. The lowest BCUT2D eigenvalue weighted by Gasteiger charge is -2.14. The van der Waals surface area contributed by atoms with E-state index in [1.807, 2.05) is 47.2 Å². The predicted molar refractivity (Wildman–Crippen MR) is 84.7 cm³/mol. The van der Waals surface area contributed by atoms with Gasteiger partial charge in [0.1, 0.15) is 11.3 Å². The van der Waals surface area contributed by atoms with E-state index in [0.717, 1.165) is 17.6 Å². The molecule has 3 aromatic heterocycles. The third-order valence-electron chi connectivity index (χ3n) is 3.43. The van der Waals surface area contributed by atoms with E-state index in [0.29, 0.717) is 5.69 Å². The molecule has 0 aliphatic carbocycles. The van der Waals surface area contributed by atoms with Crippen LogP contribution in [0.15, 0.2) is 42.0 Å². The first-order valence-electron chi connectivity index (χ1n) is 6.97. The second-order valence-corrected chi connectivity index (χ2v) is 6.03. The van der Waals surface area contributed by atoms with Gasteiger partial charge in [-0.25, -0.2) is 4.98 Å². The van der Waals surface area contributed by atoms with Crippen LogP contribution in [-0.2, 0) is 0 Å². The van der Waals surface area contributed by atoms with E-state index in [1.165, 1.54) is 4.88 Å². The first-order chi connectivity index (χ1) is 10.2. The van der Waals surface area contributed by atoms with Crippen molar-refractivity contribution in [1.29, 1.82) is 0 Å². The molecule has 108 valence electrons. The van der Waals surface area contributed by atoms with Crippen LogP contribution in [0.5, 0.6) is 0 Å². The third kappa shape index (κ3) is 2.83. The summed E-state index contributed by atoms with van der Waals surface area (Å²) in [7, 11) is 0. The van der Waals surface area contributed by atoms with Gasteiger partial charge >= 0.3 is 0 Å². The highest BCUT2D eigenvalue weighted by Crippen LogP contribution is 2.22. The van der Waals surface area contributed by atoms with Crippen molar-refractivity contribution in [2.75, 3.05) is 0 Å². The van der Waals surface area contributed by atoms with Gasteiger partial charge in [-0.1, -0.05) is 19.1 Å².